The van der Waals surface area contributed by atoms with Gasteiger partial charge in [0, 0.05) is 23.5 Å². The van der Waals surface area contributed by atoms with Gasteiger partial charge in [0.1, 0.15) is 0 Å². The average Bonchev–Trinajstić information content (AvgIpc) is 3.13. The van der Waals surface area contributed by atoms with Gasteiger partial charge in [0.25, 0.3) is 0 Å². The van der Waals surface area contributed by atoms with E-state index in [0.717, 1.165) is 26.3 Å². The molecule has 0 amide bonds. The molecule has 3 nitrogen and oxygen atoms in total. The van der Waals surface area contributed by atoms with Gasteiger partial charge >= 0.3 is 0 Å². The molecule has 19 heavy (non-hydrogen) atoms. The summed E-state index contributed by atoms with van der Waals surface area (Å²) in [4.78, 5) is 4.18. The van der Waals surface area contributed by atoms with Crippen LogP contribution in [0.2, 0.25) is 0 Å². The quantitative estimate of drug-likeness (QED) is 0.917. The molecule has 1 N–H and O–H groups in total. The zero-order chi connectivity index (χ0) is 13.1. The molecule has 0 aromatic carbocycles. The van der Waals surface area contributed by atoms with Crippen molar-refractivity contribution in [2.75, 3.05) is 33.4 Å². The van der Waals surface area contributed by atoms with Crippen LogP contribution in [0.4, 0.5) is 0 Å². The van der Waals surface area contributed by atoms with E-state index in [4.69, 9.17) is 4.74 Å². The maximum absolute atomic E-state index is 5.55. The maximum Gasteiger partial charge on any atom is 0.0599 e. The van der Waals surface area contributed by atoms with Crippen molar-refractivity contribution in [3.63, 3.8) is 0 Å². The van der Waals surface area contributed by atoms with Gasteiger partial charge in [0.2, 0.25) is 0 Å². The highest BCUT2D eigenvalue weighted by Crippen LogP contribution is 2.45. The molecule has 1 aromatic rings. The van der Waals surface area contributed by atoms with Crippen LogP contribution in [0.1, 0.15) is 36.6 Å². The van der Waals surface area contributed by atoms with Crippen LogP contribution >= 0.6 is 11.3 Å². The van der Waals surface area contributed by atoms with E-state index in [0.29, 0.717) is 11.6 Å². The Morgan fingerprint density at radius 3 is 2.63 bits per heavy atom. The third kappa shape index (κ3) is 2.47. The lowest BCUT2D eigenvalue weighted by molar-refractivity contribution is -0.0349. The summed E-state index contributed by atoms with van der Waals surface area (Å²) in [6.45, 7) is 3.96. The van der Waals surface area contributed by atoms with Crippen molar-refractivity contribution in [3.8, 4) is 0 Å². The molecular formula is C15H24N2OS. The van der Waals surface area contributed by atoms with Crippen LogP contribution in [0.5, 0.6) is 0 Å². The number of hydrogen-bond donors (Lipinski definition) is 1. The van der Waals surface area contributed by atoms with Gasteiger partial charge in [-0.1, -0.05) is 18.9 Å². The molecule has 2 fully saturated rings. The molecule has 1 aromatic heterocycles. The number of nitrogens with zero attached hydrogens (tertiary/aromatic N) is 1. The van der Waals surface area contributed by atoms with Crippen molar-refractivity contribution in [2.45, 2.75) is 37.3 Å². The summed E-state index contributed by atoms with van der Waals surface area (Å²) in [5.41, 5.74) is 0.309. The zero-order valence-corrected chi connectivity index (χ0v) is 12.5. The Balaban J connectivity index is 1.89. The van der Waals surface area contributed by atoms with Crippen LogP contribution in [0.25, 0.3) is 0 Å². The molecular weight excluding hydrogens is 256 g/mol. The van der Waals surface area contributed by atoms with Crippen molar-refractivity contribution in [1.82, 2.24) is 10.2 Å². The number of rotatable bonds is 4. The zero-order valence-electron chi connectivity index (χ0n) is 11.7. The number of thiophene rings is 1. The first-order valence-corrected chi connectivity index (χ1v) is 8.28. The second-order valence-electron chi connectivity index (χ2n) is 5.65. The largest absolute Gasteiger partial charge is 0.379 e. The molecule has 1 saturated heterocycles. The van der Waals surface area contributed by atoms with E-state index in [-0.39, 0.29) is 0 Å². The first-order chi connectivity index (χ1) is 9.37. The Morgan fingerprint density at radius 2 is 2.05 bits per heavy atom. The molecule has 0 bridgehead atoms. The summed E-state index contributed by atoms with van der Waals surface area (Å²) in [6.07, 6.45) is 5.36. The molecule has 0 radical (unpaired) electrons. The SMILES string of the molecule is CNC(c1cccs1)C1(N2CCOCC2)CCCC1. The lowest BCUT2D eigenvalue weighted by atomic mass is 9.84. The minimum absolute atomic E-state index is 0.309. The summed E-state index contributed by atoms with van der Waals surface area (Å²) in [5, 5.41) is 5.81. The Kier molecular flexibility index (Phi) is 4.22. The fraction of sp³-hybridized carbons (Fsp3) is 0.733. The summed E-state index contributed by atoms with van der Waals surface area (Å²) in [6, 6.07) is 4.92. The van der Waals surface area contributed by atoms with E-state index < -0.39 is 0 Å². The third-order valence-electron chi connectivity index (χ3n) is 4.76. The van der Waals surface area contributed by atoms with Gasteiger partial charge < -0.3 is 10.1 Å². The standard InChI is InChI=1S/C15H24N2OS/c1-16-14(13-5-4-12-19-13)15(6-2-3-7-15)17-8-10-18-11-9-17/h4-5,12,14,16H,2-3,6-11H2,1H3. The number of likely N-dealkylation sites (N-methyl/N-ethyl adjacent to an activating group) is 1. The topological polar surface area (TPSA) is 24.5 Å². The first-order valence-electron chi connectivity index (χ1n) is 7.40. The first kappa shape index (κ1) is 13.6. The fourth-order valence-corrected chi connectivity index (χ4v) is 4.86. The predicted molar refractivity (Wildman–Crippen MR) is 79.7 cm³/mol. The molecule has 1 aliphatic carbocycles. The lowest BCUT2D eigenvalue weighted by Gasteiger charge is -2.48. The van der Waals surface area contributed by atoms with Gasteiger partial charge in [-0.25, -0.2) is 0 Å². The summed E-state index contributed by atoms with van der Waals surface area (Å²) in [5.74, 6) is 0. The number of nitrogens with one attached hydrogen (secondary N) is 1. The van der Waals surface area contributed by atoms with Crippen LogP contribution in [-0.2, 0) is 4.74 Å². The Morgan fingerprint density at radius 1 is 1.32 bits per heavy atom. The number of morpholine rings is 1. The van der Waals surface area contributed by atoms with Crippen LogP contribution in [0.15, 0.2) is 17.5 Å². The molecule has 0 spiro atoms. The highest BCUT2D eigenvalue weighted by Gasteiger charge is 2.46. The minimum Gasteiger partial charge on any atom is -0.379 e. The molecule has 2 heterocycles. The second kappa shape index (κ2) is 5.92. The molecule has 106 valence electrons. The minimum atomic E-state index is 0.309. The summed E-state index contributed by atoms with van der Waals surface area (Å²) < 4.78 is 5.55. The van der Waals surface area contributed by atoms with Crippen LogP contribution < -0.4 is 5.32 Å². The average molecular weight is 280 g/mol. The molecule has 1 unspecified atom stereocenters. The van der Waals surface area contributed by atoms with Gasteiger partial charge in [-0.15, -0.1) is 11.3 Å². The highest BCUT2D eigenvalue weighted by atomic mass is 32.1. The number of ether oxygens (including phenoxy) is 1. The van der Waals surface area contributed by atoms with E-state index >= 15 is 0 Å². The monoisotopic (exact) mass is 280 g/mol. The normalized spacial score (nSPS) is 25.5. The van der Waals surface area contributed by atoms with E-state index in [2.05, 4.69) is 34.8 Å². The van der Waals surface area contributed by atoms with Gasteiger partial charge in [-0.2, -0.15) is 0 Å². The van der Waals surface area contributed by atoms with E-state index in [1.165, 1.54) is 30.6 Å². The molecule has 4 heteroatoms. The summed E-state index contributed by atoms with van der Waals surface area (Å²) in [7, 11) is 2.12. The Bertz CT molecular complexity index is 381. The van der Waals surface area contributed by atoms with E-state index in [1.807, 2.05) is 11.3 Å². The predicted octanol–water partition coefficient (Wildman–Crippen LogP) is 2.65. The Hall–Kier alpha value is -0.420. The fourth-order valence-electron chi connectivity index (χ4n) is 3.91. The third-order valence-corrected chi connectivity index (χ3v) is 5.70. The second-order valence-corrected chi connectivity index (χ2v) is 6.63. The van der Waals surface area contributed by atoms with E-state index in [1.54, 1.807) is 0 Å². The molecule has 1 atom stereocenters. The van der Waals surface area contributed by atoms with E-state index in [9.17, 15) is 0 Å². The number of hydrogen-bond acceptors (Lipinski definition) is 4. The molecule has 1 aliphatic heterocycles. The van der Waals surface area contributed by atoms with Gasteiger partial charge in [0.15, 0.2) is 0 Å². The van der Waals surface area contributed by atoms with Crippen molar-refractivity contribution in [1.29, 1.82) is 0 Å². The smallest absolute Gasteiger partial charge is 0.0599 e. The van der Waals surface area contributed by atoms with Gasteiger partial charge in [-0.3, -0.25) is 4.90 Å². The Labute approximate surface area is 119 Å². The van der Waals surface area contributed by atoms with Crippen LogP contribution in [-0.4, -0.2) is 43.8 Å². The summed E-state index contributed by atoms with van der Waals surface area (Å²) >= 11 is 1.88. The maximum atomic E-state index is 5.55. The van der Waals surface area contributed by atoms with Crippen molar-refractivity contribution >= 4 is 11.3 Å². The molecule has 3 rings (SSSR count). The van der Waals surface area contributed by atoms with Gasteiger partial charge in [0.05, 0.1) is 19.3 Å². The van der Waals surface area contributed by atoms with Gasteiger partial charge in [-0.05, 0) is 31.3 Å². The highest BCUT2D eigenvalue weighted by molar-refractivity contribution is 7.10. The van der Waals surface area contributed by atoms with Crippen molar-refractivity contribution in [2.24, 2.45) is 0 Å². The van der Waals surface area contributed by atoms with Crippen molar-refractivity contribution < 1.29 is 4.74 Å². The van der Waals surface area contributed by atoms with Crippen LogP contribution in [0, 0.1) is 0 Å². The lowest BCUT2D eigenvalue weighted by Crippen LogP contribution is -2.57. The van der Waals surface area contributed by atoms with Crippen LogP contribution in [0.3, 0.4) is 0 Å². The molecule has 2 aliphatic rings. The van der Waals surface area contributed by atoms with Crippen molar-refractivity contribution in [3.05, 3.63) is 22.4 Å². The molecule has 1 saturated carbocycles.